The average Bonchev–Trinajstić information content (AvgIpc) is 3.50. The minimum Gasteiger partial charge on any atom is -0.434 e. The molecule has 2 aromatic heterocycles. The van der Waals surface area contributed by atoms with E-state index in [1.165, 1.54) is 29.4 Å². The lowest BCUT2D eigenvalue weighted by molar-refractivity contribution is -0.304. The molecular weight excluding hydrogens is 575 g/mol. The normalized spacial score (nSPS) is 23.3. The van der Waals surface area contributed by atoms with Crippen molar-refractivity contribution in [1.82, 2.24) is 24.4 Å². The molecule has 0 unspecified atom stereocenters. The Bertz CT molecular complexity index is 1710. The number of carbonyl (C=O) groups excluding carboxylic acids is 1. The number of hydrogen-bond donors (Lipinski definition) is 2. The molecule has 6 rings (SSSR count). The number of aryl methyl sites for hydroxylation is 1. The van der Waals surface area contributed by atoms with Gasteiger partial charge in [-0.05, 0) is 36.2 Å². The number of amides is 1. The summed E-state index contributed by atoms with van der Waals surface area (Å²) in [5, 5.41) is 9.84. The number of rotatable bonds is 6. The first-order valence-corrected chi connectivity index (χ1v) is 13.4. The number of nitrogens with zero attached hydrogens (tertiary/aromatic N) is 5. The summed E-state index contributed by atoms with van der Waals surface area (Å²) in [6.45, 7) is -3.09. The second-order valence-electron chi connectivity index (χ2n) is 11.3. The van der Waals surface area contributed by atoms with E-state index >= 15 is 0 Å². The van der Waals surface area contributed by atoms with Gasteiger partial charge in [-0.2, -0.15) is 22.0 Å². The highest BCUT2D eigenvalue weighted by Gasteiger charge is 2.67. The Morgan fingerprint density at radius 1 is 1.14 bits per heavy atom. The molecule has 2 aliphatic rings. The highest BCUT2D eigenvalue weighted by molar-refractivity contribution is 5.96. The number of aromatic nitrogens is 4. The molecule has 1 fully saturated rings. The third-order valence-electron chi connectivity index (χ3n) is 8.14. The fourth-order valence-electron chi connectivity index (χ4n) is 6.11. The van der Waals surface area contributed by atoms with Crippen molar-refractivity contribution in [2.45, 2.75) is 55.7 Å². The van der Waals surface area contributed by atoms with Crippen LogP contribution >= 0.6 is 0 Å². The van der Waals surface area contributed by atoms with E-state index < -0.39 is 42.8 Å². The molecule has 0 saturated heterocycles. The average molecular weight is 603 g/mol. The SMILES string of the molecule is CN(C)C(=O)c1cccc(OC(F)F)c1[C@H]1CCc2nc3ccc(-c4cnc(C5(N)CC(O)(C(F)(F)F)C5)nc4)cc3n21. The topological polar surface area (TPSA) is 119 Å². The predicted octanol–water partition coefficient (Wildman–Crippen LogP) is 4.57. The molecule has 2 aromatic carbocycles. The lowest BCUT2D eigenvalue weighted by Crippen LogP contribution is -2.66. The highest BCUT2D eigenvalue weighted by Crippen LogP contribution is 2.53. The van der Waals surface area contributed by atoms with Crippen LogP contribution in [0, 0.1) is 0 Å². The van der Waals surface area contributed by atoms with E-state index in [1.807, 2.05) is 10.6 Å². The van der Waals surface area contributed by atoms with Gasteiger partial charge in [-0.1, -0.05) is 12.1 Å². The molecule has 0 spiro atoms. The summed E-state index contributed by atoms with van der Waals surface area (Å²) in [5.41, 5.74) is 4.83. The number of carbonyl (C=O) groups is 1. The minimum absolute atomic E-state index is 0.00899. The third kappa shape index (κ3) is 4.78. The standard InChI is InChI=1S/C29H27F5N6O3/c1-39(2)24(41)17-4-3-5-21(43-26(30)31)23(17)19-8-9-22-38-18-7-6-15(10-20(18)40(19)22)16-11-36-25(37-12-16)27(35)13-28(42,14-27)29(32,33)34/h3-7,10-12,19,26,42H,8-9,13-14,35H2,1-2H3/t19-,27?,28?/m1/s1. The molecule has 3 N–H and O–H groups in total. The summed E-state index contributed by atoms with van der Waals surface area (Å²) in [4.78, 5) is 27.6. The van der Waals surface area contributed by atoms with E-state index in [1.54, 1.807) is 32.3 Å². The van der Waals surface area contributed by atoms with Gasteiger partial charge in [0.15, 0.2) is 5.60 Å². The van der Waals surface area contributed by atoms with Crippen LogP contribution in [0.4, 0.5) is 22.0 Å². The van der Waals surface area contributed by atoms with E-state index in [0.717, 1.165) is 0 Å². The molecule has 4 aromatic rings. The Balaban J connectivity index is 1.37. The van der Waals surface area contributed by atoms with Crippen molar-refractivity contribution in [1.29, 1.82) is 0 Å². The van der Waals surface area contributed by atoms with E-state index in [4.69, 9.17) is 15.5 Å². The first-order chi connectivity index (χ1) is 20.2. The number of alkyl halides is 5. The lowest BCUT2D eigenvalue weighted by Gasteiger charge is -2.50. The number of benzene rings is 2. The molecule has 3 heterocycles. The van der Waals surface area contributed by atoms with Crippen LogP contribution in [0.15, 0.2) is 48.8 Å². The van der Waals surface area contributed by atoms with Gasteiger partial charge in [-0.25, -0.2) is 15.0 Å². The predicted molar refractivity (Wildman–Crippen MR) is 144 cm³/mol. The molecule has 14 heteroatoms. The molecule has 1 saturated carbocycles. The van der Waals surface area contributed by atoms with E-state index in [9.17, 15) is 31.9 Å². The number of fused-ring (bicyclic) bond motifs is 3. The van der Waals surface area contributed by atoms with Gasteiger partial charge in [0.05, 0.1) is 22.6 Å². The highest BCUT2D eigenvalue weighted by atomic mass is 19.4. The number of nitrogens with two attached hydrogens (primary N) is 1. The smallest absolute Gasteiger partial charge is 0.417 e. The fraction of sp³-hybridized carbons (Fsp3) is 0.379. The van der Waals surface area contributed by atoms with Gasteiger partial charge in [-0.3, -0.25) is 4.79 Å². The zero-order valence-corrected chi connectivity index (χ0v) is 23.1. The van der Waals surface area contributed by atoms with Gasteiger partial charge in [0.2, 0.25) is 0 Å². The number of ether oxygens (including phenoxy) is 1. The maximum Gasteiger partial charge on any atom is 0.417 e. The molecule has 1 atom stereocenters. The maximum absolute atomic E-state index is 13.4. The van der Waals surface area contributed by atoms with Crippen molar-refractivity contribution in [2.75, 3.05) is 14.1 Å². The van der Waals surface area contributed by atoms with Crippen LogP contribution in [0.3, 0.4) is 0 Å². The maximum atomic E-state index is 13.4. The first-order valence-electron chi connectivity index (χ1n) is 13.4. The van der Waals surface area contributed by atoms with Crippen LogP contribution in [0.2, 0.25) is 0 Å². The summed E-state index contributed by atoms with van der Waals surface area (Å²) in [6.07, 6.45) is -2.36. The van der Waals surface area contributed by atoms with Gasteiger partial charge in [0, 0.05) is 62.4 Å². The Hall–Kier alpha value is -4.17. The van der Waals surface area contributed by atoms with Crippen LogP contribution in [-0.2, 0) is 12.0 Å². The molecule has 0 bridgehead atoms. The molecule has 0 radical (unpaired) electrons. The van der Waals surface area contributed by atoms with Crippen molar-refractivity contribution in [2.24, 2.45) is 5.73 Å². The molecule has 226 valence electrons. The van der Waals surface area contributed by atoms with Crippen LogP contribution in [-0.4, -0.2) is 67.9 Å². The summed E-state index contributed by atoms with van der Waals surface area (Å²) >= 11 is 0. The Morgan fingerprint density at radius 2 is 1.84 bits per heavy atom. The van der Waals surface area contributed by atoms with Crippen molar-refractivity contribution >= 4 is 16.9 Å². The largest absolute Gasteiger partial charge is 0.434 e. The second kappa shape index (κ2) is 9.95. The zero-order valence-electron chi connectivity index (χ0n) is 23.1. The van der Waals surface area contributed by atoms with Gasteiger partial charge >= 0.3 is 12.8 Å². The van der Waals surface area contributed by atoms with Crippen LogP contribution in [0.5, 0.6) is 5.75 Å². The molecule has 1 aliphatic carbocycles. The molecule has 43 heavy (non-hydrogen) atoms. The minimum atomic E-state index is -4.80. The Kier molecular flexibility index (Phi) is 6.69. The molecule has 1 aliphatic heterocycles. The van der Waals surface area contributed by atoms with Crippen LogP contribution in [0.25, 0.3) is 22.2 Å². The van der Waals surface area contributed by atoms with Crippen molar-refractivity contribution < 1.29 is 36.6 Å². The number of imidazole rings is 1. The molecule has 1 amide bonds. The fourth-order valence-corrected chi connectivity index (χ4v) is 6.11. The van der Waals surface area contributed by atoms with Crippen molar-refractivity contribution in [3.05, 3.63) is 71.6 Å². The van der Waals surface area contributed by atoms with Crippen LogP contribution in [0.1, 0.15) is 52.9 Å². The lowest BCUT2D eigenvalue weighted by atomic mass is 9.64. The summed E-state index contributed by atoms with van der Waals surface area (Å²) in [7, 11) is 3.15. The van der Waals surface area contributed by atoms with E-state index in [2.05, 4.69) is 9.97 Å². The van der Waals surface area contributed by atoms with Crippen LogP contribution < -0.4 is 10.5 Å². The molecular formula is C29H27F5N6O3. The summed E-state index contributed by atoms with van der Waals surface area (Å²) in [6, 6.07) is 9.38. The van der Waals surface area contributed by atoms with Gasteiger partial charge < -0.3 is 25.0 Å². The number of halogens is 5. The molecule has 9 nitrogen and oxygen atoms in total. The number of aliphatic hydroxyl groups is 1. The summed E-state index contributed by atoms with van der Waals surface area (Å²) in [5.74, 6) is 0.256. The number of hydrogen-bond acceptors (Lipinski definition) is 7. The third-order valence-corrected chi connectivity index (χ3v) is 8.14. The van der Waals surface area contributed by atoms with Gasteiger partial charge in [-0.15, -0.1) is 0 Å². The van der Waals surface area contributed by atoms with Crippen molar-refractivity contribution in [3.8, 4) is 16.9 Å². The zero-order chi connectivity index (χ0) is 30.9. The quantitative estimate of drug-likeness (QED) is 0.310. The second-order valence-corrected chi connectivity index (χ2v) is 11.3. The Labute approximate surface area is 242 Å². The van der Waals surface area contributed by atoms with Gasteiger partial charge in [0.25, 0.3) is 5.91 Å². The van der Waals surface area contributed by atoms with Gasteiger partial charge in [0.1, 0.15) is 17.4 Å². The first kappa shape index (κ1) is 28.9. The van der Waals surface area contributed by atoms with E-state index in [-0.39, 0.29) is 23.0 Å². The van der Waals surface area contributed by atoms with Crippen molar-refractivity contribution in [3.63, 3.8) is 0 Å². The Morgan fingerprint density at radius 3 is 2.47 bits per heavy atom. The monoisotopic (exact) mass is 602 g/mol. The van der Waals surface area contributed by atoms with E-state index in [0.29, 0.717) is 46.4 Å². The summed E-state index contributed by atoms with van der Waals surface area (Å²) < 4.78 is 73.0.